The molecule has 3 rings (SSSR count). The van der Waals surface area contributed by atoms with Crippen LogP contribution in [0, 0.1) is 11.3 Å². The Balaban J connectivity index is 2.11. The van der Waals surface area contributed by atoms with Crippen LogP contribution in [0.4, 0.5) is 5.69 Å². The lowest BCUT2D eigenvalue weighted by molar-refractivity contribution is 1.19. The summed E-state index contributed by atoms with van der Waals surface area (Å²) in [7, 11) is 2.00. The number of anilines is 1. The standard InChI is InChI=1S/C25H21N3/c1-3-20(24-14-8-7-11-21(24)18-26)17-22(25-15-9-10-16-27-25)19-28(2)23-12-5-4-6-13-23/h3-17,19H,1H2,2H3/b20-17+,22-19+. The summed E-state index contributed by atoms with van der Waals surface area (Å²) in [5.74, 6) is 0. The van der Waals surface area contributed by atoms with Crippen molar-refractivity contribution in [1.82, 2.24) is 4.98 Å². The number of hydrogen-bond donors (Lipinski definition) is 0. The molecule has 0 spiro atoms. The normalized spacial score (nSPS) is 11.6. The Labute approximate surface area is 166 Å². The maximum atomic E-state index is 9.46. The SMILES string of the molecule is C=C/C(=C\C(=C/N(C)c1ccccc1)c1ccccn1)c1ccccc1C#N. The van der Waals surface area contributed by atoms with Crippen LogP contribution in [0.2, 0.25) is 0 Å². The quantitative estimate of drug-likeness (QED) is 0.527. The molecular weight excluding hydrogens is 342 g/mol. The Bertz CT molecular complexity index is 1040. The molecule has 2 aromatic carbocycles. The first kappa shape index (κ1) is 18.9. The van der Waals surface area contributed by atoms with Crippen molar-refractivity contribution in [3.63, 3.8) is 0 Å². The van der Waals surface area contributed by atoms with E-state index < -0.39 is 0 Å². The minimum Gasteiger partial charge on any atom is -0.350 e. The van der Waals surface area contributed by atoms with E-state index in [9.17, 15) is 5.26 Å². The van der Waals surface area contributed by atoms with Crippen molar-refractivity contribution in [2.24, 2.45) is 0 Å². The van der Waals surface area contributed by atoms with Crippen LogP contribution in [-0.4, -0.2) is 12.0 Å². The Morgan fingerprint density at radius 3 is 2.36 bits per heavy atom. The van der Waals surface area contributed by atoms with E-state index in [-0.39, 0.29) is 0 Å². The van der Waals surface area contributed by atoms with E-state index in [4.69, 9.17) is 0 Å². The molecule has 0 atom stereocenters. The average Bonchev–Trinajstić information content (AvgIpc) is 2.77. The number of hydrogen-bond acceptors (Lipinski definition) is 3. The van der Waals surface area contributed by atoms with Crippen molar-refractivity contribution >= 4 is 16.8 Å². The molecule has 0 aliphatic heterocycles. The van der Waals surface area contributed by atoms with Crippen LogP contribution in [0.3, 0.4) is 0 Å². The summed E-state index contributed by atoms with van der Waals surface area (Å²) in [4.78, 5) is 6.56. The predicted octanol–water partition coefficient (Wildman–Crippen LogP) is 5.70. The van der Waals surface area contributed by atoms with Crippen molar-refractivity contribution in [1.29, 1.82) is 5.26 Å². The van der Waals surface area contributed by atoms with E-state index in [1.54, 1.807) is 12.3 Å². The molecule has 136 valence electrons. The van der Waals surface area contributed by atoms with Gasteiger partial charge in [-0.25, -0.2) is 0 Å². The molecule has 0 aliphatic carbocycles. The summed E-state index contributed by atoms with van der Waals surface area (Å²) in [5.41, 5.74) is 5.18. The summed E-state index contributed by atoms with van der Waals surface area (Å²) in [6, 6.07) is 25.7. The van der Waals surface area contributed by atoms with Gasteiger partial charge in [-0.1, -0.05) is 55.1 Å². The Kier molecular flexibility index (Phi) is 6.17. The smallest absolute Gasteiger partial charge is 0.0998 e. The predicted molar refractivity (Wildman–Crippen MR) is 116 cm³/mol. The first-order chi connectivity index (χ1) is 13.7. The average molecular weight is 363 g/mol. The molecule has 3 heteroatoms. The third-order valence-corrected chi connectivity index (χ3v) is 4.35. The number of nitriles is 1. The van der Waals surface area contributed by atoms with E-state index in [0.29, 0.717) is 5.56 Å². The van der Waals surface area contributed by atoms with Gasteiger partial charge in [0.25, 0.3) is 0 Å². The number of para-hydroxylation sites is 1. The highest BCUT2D eigenvalue weighted by Gasteiger charge is 2.08. The largest absolute Gasteiger partial charge is 0.350 e. The Morgan fingerprint density at radius 2 is 1.68 bits per heavy atom. The highest BCUT2D eigenvalue weighted by Crippen LogP contribution is 2.26. The van der Waals surface area contributed by atoms with Gasteiger partial charge in [-0.05, 0) is 47.5 Å². The maximum Gasteiger partial charge on any atom is 0.0998 e. The monoisotopic (exact) mass is 363 g/mol. The fourth-order valence-electron chi connectivity index (χ4n) is 2.90. The summed E-state index contributed by atoms with van der Waals surface area (Å²) < 4.78 is 0. The van der Waals surface area contributed by atoms with Gasteiger partial charge >= 0.3 is 0 Å². The third kappa shape index (κ3) is 4.44. The molecule has 0 amide bonds. The number of benzene rings is 2. The highest BCUT2D eigenvalue weighted by molar-refractivity contribution is 5.88. The fourth-order valence-corrected chi connectivity index (χ4v) is 2.90. The van der Waals surface area contributed by atoms with E-state index >= 15 is 0 Å². The molecule has 1 heterocycles. The van der Waals surface area contributed by atoms with Gasteiger partial charge in [0.05, 0.1) is 17.3 Å². The lowest BCUT2D eigenvalue weighted by atomic mass is 9.97. The van der Waals surface area contributed by atoms with Crippen LogP contribution in [0.1, 0.15) is 16.8 Å². The van der Waals surface area contributed by atoms with Crippen LogP contribution >= 0.6 is 0 Å². The van der Waals surface area contributed by atoms with Crippen LogP contribution in [-0.2, 0) is 0 Å². The second-order valence-corrected chi connectivity index (χ2v) is 6.21. The van der Waals surface area contributed by atoms with E-state index in [0.717, 1.165) is 28.1 Å². The lowest BCUT2D eigenvalue weighted by Gasteiger charge is -2.16. The topological polar surface area (TPSA) is 39.9 Å². The van der Waals surface area contributed by atoms with Crippen molar-refractivity contribution < 1.29 is 0 Å². The molecule has 0 N–H and O–H groups in total. The summed E-state index contributed by atoms with van der Waals surface area (Å²) in [6.07, 6.45) is 7.60. The van der Waals surface area contributed by atoms with Crippen LogP contribution in [0.5, 0.6) is 0 Å². The van der Waals surface area contributed by atoms with Crippen molar-refractivity contribution in [2.45, 2.75) is 0 Å². The molecule has 1 aromatic heterocycles. The van der Waals surface area contributed by atoms with Gasteiger partial charge in [-0.15, -0.1) is 0 Å². The fraction of sp³-hybridized carbons (Fsp3) is 0.0400. The van der Waals surface area contributed by atoms with E-state index in [1.165, 1.54) is 0 Å². The Hall–Kier alpha value is -3.90. The number of nitrogens with zero attached hydrogens (tertiary/aromatic N) is 3. The first-order valence-corrected chi connectivity index (χ1v) is 8.97. The number of allylic oxidation sites excluding steroid dienone is 4. The second kappa shape index (κ2) is 9.16. The molecule has 0 radical (unpaired) electrons. The molecule has 0 saturated carbocycles. The molecular formula is C25H21N3. The van der Waals surface area contributed by atoms with Gasteiger partial charge in [0.1, 0.15) is 0 Å². The molecule has 0 saturated heterocycles. The minimum atomic E-state index is 0.616. The zero-order valence-corrected chi connectivity index (χ0v) is 15.8. The molecule has 3 aromatic rings. The summed E-state index contributed by atoms with van der Waals surface area (Å²) in [6.45, 7) is 3.96. The Morgan fingerprint density at radius 1 is 0.964 bits per heavy atom. The van der Waals surface area contributed by atoms with Gasteiger partial charge in [-0.3, -0.25) is 4.98 Å². The lowest BCUT2D eigenvalue weighted by Crippen LogP contribution is -2.09. The van der Waals surface area contributed by atoms with E-state index in [2.05, 4.69) is 34.7 Å². The summed E-state index contributed by atoms with van der Waals surface area (Å²) in [5, 5.41) is 9.46. The first-order valence-electron chi connectivity index (χ1n) is 8.97. The van der Waals surface area contributed by atoms with Crippen molar-refractivity contribution in [3.05, 3.63) is 121 Å². The maximum absolute atomic E-state index is 9.46. The molecule has 0 unspecified atom stereocenters. The van der Waals surface area contributed by atoms with E-state index in [1.807, 2.05) is 80.0 Å². The molecule has 0 bridgehead atoms. The van der Waals surface area contributed by atoms with Gasteiger partial charge in [0.15, 0.2) is 0 Å². The third-order valence-electron chi connectivity index (χ3n) is 4.35. The van der Waals surface area contributed by atoms with Gasteiger partial charge in [0.2, 0.25) is 0 Å². The molecule has 3 nitrogen and oxygen atoms in total. The van der Waals surface area contributed by atoms with Gasteiger partial charge in [0, 0.05) is 30.7 Å². The van der Waals surface area contributed by atoms with Crippen LogP contribution in [0.15, 0.2) is 104 Å². The number of rotatable bonds is 6. The van der Waals surface area contributed by atoms with Crippen LogP contribution < -0.4 is 4.90 Å². The van der Waals surface area contributed by atoms with Gasteiger partial charge < -0.3 is 4.90 Å². The highest BCUT2D eigenvalue weighted by atomic mass is 15.1. The van der Waals surface area contributed by atoms with Gasteiger partial charge in [-0.2, -0.15) is 5.26 Å². The number of aromatic nitrogens is 1. The number of pyridine rings is 1. The second-order valence-electron chi connectivity index (χ2n) is 6.21. The minimum absolute atomic E-state index is 0.616. The zero-order valence-electron chi connectivity index (χ0n) is 15.8. The van der Waals surface area contributed by atoms with Crippen LogP contribution in [0.25, 0.3) is 11.1 Å². The molecule has 28 heavy (non-hydrogen) atoms. The molecule has 0 fully saturated rings. The zero-order chi connectivity index (χ0) is 19.8. The van der Waals surface area contributed by atoms with Crippen molar-refractivity contribution in [2.75, 3.05) is 11.9 Å². The summed E-state index contributed by atoms with van der Waals surface area (Å²) >= 11 is 0. The van der Waals surface area contributed by atoms with Crippen molar-refractivity contribution in [3.8, 4) is 6.07 Å². The molecule has 0 aliphatic rings.